The molecule has 0 aliphatic carbocycles. The van der Waals surface area contributed by atoms with E-state index in [0.717, 1.165) is 6.54 Å². The van der Waals surface area contributed by atoms with Gasteiger partial charge in [-0.3, -0.25) is 4.99 Å². The van der Waals surface area contributed by atoms with Crippen LogP contribution in [0.4, 0.5) is 0 Å². The van der Waals surface area contributed by atoms with Gasteiger partial charge in [-0.1, -0.05) is 11.8 Å². The molecule has 1 saturated heterocycles. The smallest absolute Gasteiger partial charge is 0.159 e. The minimum Gasteiger partial charge on any atom is -0.349 e. The molecule has 2 rings (SSSR count). The van der Waals surface area contributed by atoms with Crippen LogP contribution < -0.4 is 0 Å². The summed E-state index contributed by atoms with van der Waals surface area (Å²) in [4.78, 5) is 6.83. The number of amidine groups is 1. The number of aliphatic imine (C=N–C) groups is 1. The fourth-order valence-electron chi connectivity index (χ4n) is 1.27. The van der Waals surface area contributed by atoms with Gasteiger partial charge in [0, 0.05) is 18.8 Å². The molecule has 2 heterocycles. The van der Waals surface area contributed by atoms with Crippen molar-refractivity contribution in [3.63, 3.8) is 0 Å². The van der Waals surface area contributed by atoms with Gasteiger partial charge in [-0.15, -0.1) is 0 Å². The Hall–Kier alpha value is -0.180. The van der Waals surface area contributed by atoms with Crippen molar-refractivity contribution in [2.45, 2.75) is 13.0 Å². The standard InChI is InChI=1S/C6H10N2S/c1-5-4-8-2-3-9-6(8)7-5/h5H,2-4H2,1H3. The second-order valence-corrected chi connectivity index (χ2v) is 3.62. The predicted octanol–water partition coefficient (Wildman–Crippen LogP) is 0.793. The minimum atomic E-state index is 0.549. The first kappa shape index (κ1) is 5.59. The van der Waals surface area contributed by atoms with Gasteiger partial charge < -0.3 is 4.90 Å². The average molecular weight is 142 g/mol. The molecule has 0 aromatic carbocycles. The normalized spacial score (nSPS) is 32.8. The minimum absolute atomic E-state index is 0.549. The molecule has 0 N–H and O–H groups in total. The van der Waals surface area contributed by atoms with Crippen molar-refractivity contribution < 1.29 is 0 Å². The lowest BCUT2D eigenvalue weighted by Crippen LogP contribution is -2.22. The number of thioether (sulfide) groups is 1. The third-order valence-electron chi connectivity index (χ3n) is 1.68. The molecule has 1 fully saturated rings. The summed E-state index contributed by atoms with van der Waals surface area (Å²) in [6.45, 7) is 4.54. The van der Waals surface area contributed by atoms with Crippen LogP contribution in [-0.2, 0) is 0 Å². The van der Waals surface area contributed by atoms with Crippen LogP contribution in [0, 0.1) is 0 Å². The Balaban J connectivity index is 2.18. The summed E-state index contributed by atoms with van der Waals surface area (Å²) in [6, 6.07) is 0.549. The van der Waals surface area contributed by atoms with Crippen molar-refractivity contribution in [3.05, 3.63) is 0 Å². The zero-order valence-corrected chi connectivity index (χ0v) is 6.32. The first-order valence-electron chi connectivity index (χ1n) is 3.32. The highest BCUT2D eigenvalue weighted by atomic mass is 32.2. The van der Waals surface area contributed by atoms with Gasteiger partial charge in [-0.2, -0.15) is 0 Å². The van der Waals surface area contributed by atoms with Crippen molar-refractivity contribution in [1.82, 2.24) is 4.90 Å². The highest BCUT2D eigenvalue weighted by molar-refractivity contribution is 8.14. The van der Waals surface area contributed by atoms with E-state index in [-0.39, 0.29) is 0 Å². The Kier molecular flexibility index (Phi) is 1.18. The Labute approximate surface area is 59.3 Å². The first-order valence-corrected chi connectivity index (χ1v) is 4.30. The zero-order valence-electron chi connectivity index (χ0n) is 5.50. The van der Waals surface area contributed by atoms with E-state index >= 15 is 0 Å². The number of fused-ring (bicyclic) bond motifs is 1. The molecule has 1 atom stereocenters. The topological polar surface area (TPSA) is 15.6 Å². The maximum atomic E-state index is 4.46. The van der Waals surface area contributed by atoms with Gasteiger partial charge in [0.05, 0.1) is 6.04 Å². The summed E-state index contributed by atoms with van der Waals surface area (Å²) < 4.78 is 0. The molecule has 0 radical (unpaired) electrons. The molecule has 2 aliphatic rings. The second-order valence-electron chi connectivity index (χ2n) is 2.56. The van der Waals surface area contributed by atoms with E-state index in [9.17, 15) is 0 Å². The quantitative estimate of drug-likeness (QED) is 0.497. The summed E-state index contributed by atoms with van der Waals surface area (Å²) in [7, 11) is 0. The zero-order chi connectivity index (χ0) is 6.27. The van der Waals surface area contributed by atoms with Crippen LogP contribution in [0.1, 0.15) is 6.92 Å². The average Bonchev–Trinajstić information content (AvgIpc) is 2.22. The molecule has 50 valence electrons. The highest BCUT2D eigenvalue weighted by Gasteiger charge is 2.26. The Morgan fingerprint density at radius 1 is 1.78 bits per heavy atom. The van der Waals surface area contributed by atoms with Gasteiger partial charge in [0.2, 0.25) is 0 Å². The largest absolute Gasteiger partial charge is 0.349 e. The second kappa shape index (κ2) is 1.90. The van der Waals surface area contributed by atoms with Gasteiger partial charge in [-0.25, -0.2) is 0 Å². The van der Waals surface area contributed by atoms with Crippen molar-refractivity contribution in [3.8, 4) is 0 Å². The van der Waals surface area contributed by atoms with Crippen molar-refractivity contribution in [1.29, 1.82) is 0 Å². The van der Waals surface area contributed by atoms with Crippen LogP contribution in [0.15, 0.2) is 4.99 Å². The lowest BCUT2D eigenvalue weighted by atomic mass is 10.4. The predicted molar refractivity (Wildman–Crippen MR) is 40.9 cm³/mol. The lowest BCUT2D eigenvalue weighted by molar-refractivity contribution is 0.469. The Morgan fingerprint density at radius 2 is 2.67 bits per heavy atom. The summed E-state index contributed by atoms with van der Waals surface area (Å²) in [6.07, 6.45) is 0. The van der Waals surface area contributed by atoms with E-state index in [1.165, 1.54) is 17.5 Å². The Bertz CT molecular complexity index is 155. The lowest BCUT2D eigenvalue weighted by Gasteiger charge is -2.08. The van der Waals surface area contributed by atoms with Crippen molar-refractivity contribution >= 4 is 16.9 Å². The molecule has 0 spiro atoms. The fraction of sp³-hybridized carbons (Fsp3) is 0.833. The van der Waals surface area contributed by atoms with Gasteiger partial charge >= 0.3 is 0 Å². The molecule has 2 nitrogen and oxygen atoms in total. The summed E-state index contributed by atoms with van der Waals surface area (Å²) in [5.74, 6) is 1.24. The van der Waals surface area contributed by atoms with Crippen LogP contribution >= 0.6 is 11.8 Å². The molecule has 2 aliphatic heterocycles. The third-order valence-corrected chi connectivity index (χ3v) is 2.69. The van der Waals surface area contributed by atoms with E-state index < -0.39 is 0 Å². The summed E-state index contributed by atoms with van der Waals surface area (Å²) >= 11 is 1.89. The number of rotatable bonds is 0. The van der Waals surface area contributed by atoms with Crippen LogP contribution in [0.3, 0.4) is 0 Å². The van der Waals surface area contributed by atoms with E-state index in [0.29, 0.717) is 6.04 Å². The third kappa shape index (κ3) is 0.834. The van der Waals surface area contributed by atoms with Gasteiger partial charge in [0.15, 0.2) is 5.17 Å². The number of hydrogen-bond acceptors (Lipinski definition) is 3. The molecule has 0 aromatic rings. The van der Waals surface area contributed by atoms with E-state index in [2.05, 4.69) is 16.8 Å². The maximum absolute atomic E-state index is 4.46. The van der Waals surface area contributed by atoms with Gasteiger partial charge in [0.1, 0.15) is 0 Å². The van der Waals surface area contributed by atoms with Crippen molar-refractivity contribution in [2.24, 2.45) is 4.99 Å². The fourth-order valence-corrected chi connectivity index (χ4v) is 2.37. The van der Waals surface area contributed by atoms with Gasteiger partial charge in [-0.05, 0) is 6.92 Å². The molecular weight excluding hydrogens is 132 g/mol. The first-order chi connectivity index (χ1) is 4.36. The van der Waals surface area contributed by atoms with Crippen LogP contribution in [0.2, 0.25) is 0 Å². The Morgan fingerprint density at radius 3 is 3.44 bits per heavy atom. The molecule has 0 bridgehead atoms. The molecule has 3 heteroatoms. The van der Waals surface area contributed by atoms with E-state index in [1.54, 1.807) is 0 Å². The molecule has 0 aromatic heterocycles. The highest BCUT2D eigenvalue weighted by Crippen LogP contribution is 2.23. The van der Waals surface area contributed by atoms with Crippen LogP contribution in [0.5, 0.6) is 0 Å². The molecule has 1 unspecified atom stereocenters. The monoisotopic (exact) mass is 142 g/mol. The van der Waals surface area contributed by atoms with Crippen LogP contribution in [0.25, 0.3) is 0 Å². The van der Waals surface area contributed by atoms with Gasteiger partial charge in [0.25, 0.3) is 0 Å². The summed E-state index contributed by atoms with van der Waals surface area (Å²) in [5.41, 5.74) is 0. The molecule has 0 amide bonds. The van der Waals surface area contributed by atoms with E-state index in [4.69, 9.17) is 0 Å². The number of nitrogens with zero attached hydrogens (tertiary/aromatic N) is 2. The molecule has 0 saturated carbocycles. The van der Waals surface area contributed by atoms with Crippen LogP contribution in [-0.4, -0.2) is 35.0 Å². The van der Waals surface area contributed by atoms with Crippen molar-refractivity contribution in [2.75, 3.05) is 18.8 Å². The van der Waals surface area contributed by atoms with E-state index in [1.807, 2.05) is 11.8 Å². The number of hydrogen-bond donors (Lipinski definition) is 0. The molecular formula is C6H10N2S. The summed E-state index contributed by atoms with van der Waals surface area (Å²) in [5, 5.41) is 1.28. The SMILES string of the molecule is CC1CN2CCSC2=N1. The molecule has 9 heavy (non-hydrogen) atoms. The maximum Gasteiger partial charge on any atom is 0.159 e.